The Morgan fingerprint density at radius 3 is 1.63 bits per heavy atom. The molecular weight excluding hydrogens is 384 g/mol. The van der Waals surface area contributed by atoms with E-state index in [2.05, 4.69) is 40.8 Å². The Morgan fingerprint density at radius 1 is 0.767 bits per heavy atom. The van der Waals surface area contributed by atoms with Crippen molar-refractivity contribution < 1.29 is 4.79 Å². The van der Waals surface area contributed by atoms with Crippen molar-refractivity contribution >= 4 is 6.03 Å². The maximum atomic E-state index is 12.3. The molecule has 0 aliphatic heterocycles. The van der Waals surface area contributed by atoms with Crippen LogP contribution in [-0.2, 0) is 13.1 Å². The van der Waals surface area contributed by atoms with Gasteiger partial charge in [0.25, 0.3) is 0 Å². The van der Waals surface area contributed by atoms with Crippen molar-refractivity contribution in [3.8, 4) is 11.4 Å². The molecule has 2 amide bonds. The molecule has 0 atom stereocenters. The van der Waals surface area contributed by atoms with Crippen molar-refractivity contribution in [2.75, 3.05) is 0 Å². The number of carbonyl (C=O) groups is 1. The summed E-state index contributed by atoms with van der Waals surface area (Å²) < 4.78 is 3.27. The molecule has 0 fully saturated rings. The molecule has 11 heteroatoms. The number of amides is 2. The lowest BCUT2D eigenvalue weighted by atomic mass is 10.3. The Labute approximate surface area is 172 Å². The summed E-state index contributed by atoms with van der Waals surface area (Å²) in [5, 5.41) is 13.9. The number of carbonyl (C=O) groups excluding carboxylic acids is 1. The summed E-state index contributed by atoms with van der Waals surface area (Å²) >= 11 is 0. The van der Waals surface area contributed by atoms with Crippen LogP contribution in [0.3, 0.4) is 0 Å². The Bertz CT molecular complexity index is 1040. The number of pyridine rings is 2. The normalized spacial score (nSPS) is 10.7. The number of hydrogen-bond donors (Lipinski definition) is 2. The Morgan fingerprint density at radius 2 is 1.23 bits per heavy atom. The molecule has 4 heterocycles. The van der Waals surface area contributed by atoms with Gasteiger partial charge < -0.3 is 10.6 Å². The molecule has 0 bridgehead atoms. The second kappa shape index (κ2) is 8.47. The fourth-order valence-corrected chi connectivity index (χ4v) is 2.76. The SMILES string of the molecule is Cc1ccc(-n2ncnc2CNC(=O)NCc2ncnn2-c2ccc(C)nc2)cn1. The summed E-state index contributed by atoms with van der Waals surface area (Å²) in [5.41, 5.74) is 3.37. The quantitative estimate of drug-likeness (QED) is 0.495. The molecule has 11 nitrogen and oxygen atoms in total. The minimum absolute atomic E-state index is 0.203. The summed E-state index contributed by atoms with van der Waals surface area (Å²) in [7, 11) is 0. The molecular formula is C19H20N10O. The molecule has 0 spiro atoms. The van der Waals surface area contributed by atoms with Crippen LogP contribution in [0.1, 0.15) is 23.0 Å². The molecule has 152 valence electrons. The van der Waals surface area contributed by atoms with Crippen molar-refractivity contribution in [2.24, 2.45) is 0 Å². The van der Waals surface area contributed by atoms with Gasteiger partial charge in [-0.3, -0.25) is 9.97 Å². The first-order valence-corrected chi connectivity index (χ1v) is 9.26. The summed E-state index contributed by atoms with van der Waals surface area (Å²) in [6.07, 6.45) is 6.29. The summed E-state index contributed by atoms with van der Waals surface area (Å²) in [6.45, 7) is 4.23. The smallest absolute Gasteiger partial charge is 0.315 e. The first kappa shape index (κ1) is 19.2. The van der Waals surface area contributed by atoms with Gasteiger partial charge in [0, 0.05) is 11.4 Å². The molecule has 2 N–H and O–H groups in total. The van der Waals surface area contributed by atoms with Crippen LogP contribution in [0.4, 0.5) is 4.79 Å². The van der Waals surface area contributed by atoms with Crippen LogP contribution in [-0.4, -0.2) is 45.5 Å². The summed E-state index contributed by atoms with van der Waals surface area (Å²) in [4.78, 5) is 29.2. The predicted octanol–water partition coefficient (Wildman–Crippen LogP) is 1.25. The van der Waals surface area contributed by atoms with E-state index in [-0.39, 0.29) is 19.1 Å². The Hall–Kier alpha value is -4.15. The van der Waals surface area contributed by atoms with Gasteiger partial charge in [-0.1, -0.05) is 0 Å². The van der Waals surface area contributed by atoms with E-state index in [0.717, 1.165) is 22.8 Å². The molecule has 30 heavy (non-hydrogen) atoms. The zero-order valence-corrected chi connectivity index (χ0v) is 16.5. The third kappa shape index (κ3) is 4.29. The first-order chi connectivity index (χ1) is 14.6. The van der Waals surface area contributed by atoms with E-state index in [1.54, 1.807) is 21.8 Å². The van der Waals surface area contributed by atoms with Crippen LogP contribution in [0.15, 0.2) is 49.3 Å². The number of rotatable bonds is 6. The summed E-state index contributed by atoms with van der Waals surface area (Å²) in [5.74, 6) is 1.18. The average molecular weight is 404 g/mol. The van der Waals surface area contributed by atoms with E-state index in [9.17, 15) is 4.79 Å². The lowest BCUT2D eigenvalue weighted by Crippen LogP contribution is -2.36. The zero-order chi connectivity index (χ0) is 20.9. The van der Waals surface area contributed by atoms with Gasteiger partial charge in [-0.25, -0.2) is 24.1 Å². The van der Waals surface area contributed by atoms with Gasteiger partial charge in [-0.05, 0) is 38.1 Å². The molecule has 0 aromatic carbocycles. The monoisotopic (exact) mass is 404 g/mol. The maximum Gasteiger partial charge on any atom is 0.315 e. The largest absolute Gasteiger partial charge is 0.331 e. The molecule has 0 aliphatic rings. The highest BCUT2D eigenvalue weighted by molar-refractivity contribution is 5.73. The molecule has 0 aliphatic carbocycles. The third-order valence-electron chi connectivity index (χ3n) is 4.33. The highest BCUT2D eigenvalue weighted by Gasteiger charge is 2.11. The number of nitrogens with zero attached hydrogens (tertiary/aromatic N) is 8. The maximum absolute atomic E-state index is 12.3. The minimum atomic E-state index is -0.358. The van der Waals surface area contributed by atoms with Gasteiger partial charge >= 0.3 is 6.03 Å². The van der Waals surface area contributed by atoms with Crippen LogP contribution in [0, 0.1) is 13.8 Å². The Balaban J connectivity index is 1.35. The van der Waals surface area contributed by atoms with E-state index in [4.69, 9.17) is 0 Å². The highest BCUT2D eigenvalue weighted by atomic mass is 16.2. The van der Waals surface area contributed by atoms with Crippen molar-refractivity contribution in [2.45, 2.75) is 26.9 Å². The molecule has 4 aromatic heterocycles. The van der Waals surface area contributed by atoms with Crippen LogP contribution in [0.5, 0.6) is 0 Å². The number of nitrogens with one attached hydrogen (secondary N) is 2. The van der Waals surface area contributed by atoms with E-state index in [1.165, 1.54) is 12.7 Å². The standard InChI is InChI=1S/C19H20N10O/c1-13-3-5-15(7-20-13)28-17(24-11-26-28)9-22-19(30)23-10-18-25-12-27-29(18)16-6-4-14(2)21-8-16/h3-8,11-12H,9-10H2,1-2H3,(H2,22,23,30). The fraction of sp³-hybridized carbons (Fsp3) is 0.211. The van der Waals surface area contributed by atoms with E-state index >= 15 is 0 Å². The van der Waals surface area contributed by atoms with Crippen LogP contribution in [0.25, 0.3) is 11.4 Å². The van der Waals surface area contributed by atoms with E-state index in [1.807, 2.05) is 38.1 Å². The number of aromatic nitrogens is 8. The van der Waals surface area contributed by atoms with Crippen molar-refractivity contribution in [1.29, 1.82) is 0 Å². The molecule has 0 radical (unpaired) electrons. The molecule has 4 aromatic rings. The van der Waals surface area contributed by atoms with Crippen molar-refractivity contribution in [3.05, 3.63) is 72.4 Å². The molecule has 4 rings (SSSR count). The van der Waals surface area contributed by atoms with Crippen LogP contribution < -0.4 is 10.6 Å². The number of hydrogen-bond acceptors (Lipinski definition) is 7. The van der Waals surface area contributed by atoms with E-state index in [0.29, 0.717) is 11.6 Å². The molecule has 0 saturated carbocycles. The number of aryl methyl sites for hydroxylation is 2. The second-order valence-corrected chi connectivity index (χ2v) is 6.53. The topological polar surface area (TPSA) is 128 Å². The third-order valence-corrected chi connectivity index (χ3v) is 4.33. The fourth-order valence-electron chi connectivity index (χ4n) is 2.76. The average Bonchev–Trinajstić information content (AvgIpc) is 3.41. The minimum Gasteiger partial charge on any atom is -0.331 e. The highest BCUT2D eigenvalue weighted by Crippen LogP contribution is 2.09. The van der Waals surface area contributed by atoms with Gasteiger partial charge in [0.1, 0.15) is 12.7 Å². The lowest BCUT2D eigenvalue weighted by molar-refractivity contribution is 0.239. The van der Waals surface area contributed by atoms with Gasteiger partial charge in [0.2, 0.25) is 0 Å². The van der Waals surface area contributed by atoms with Gasteiger partial charge in [-0.15, -0.1) is 0 Å². The zero-order valence-electron chi connectivity index (χ0n) is 16.5. The molecule has 0 saturated heterocycles. The molecule has 0 unspecified atom stereocenters. The first-order valence-electron chi connectivity index (χ1n) is 9.26. The lowest BCUT2D eigenvalue weighted by Gasteiger charge is -2.10. The van der Waals surface area contributed by atoms with Gasteiger partial charge in [-0.2, -0.15) is 10.2 Å². The van der Waals surface area contributed by atoms with Gasteiger partial charge in [0.15, 0.2) is 11.6 Å². The number of urea groups is 1. The van der Waals surface area contributed by atoms with Crippen LogP contribution >= 0.6 is 0 Å². The second-order valence-electron chi connectivity index (χ2n) is 6.53. The van der Waals surface area contributed by atoms with Gasteiger partial charge in [0.05, 0.1) is 36.9 Å². The van der Waals surface area contributed by atoms with Crippen LogP contribution in [0.2, 0.25) is 0 Å². The Kier molecular flexibility index (Phi) is 5.42. The van der Waals surface area contributed by atoms with E-state index < -0.39 is 0 Å². The predicted molar refractivity (Wildman–Crippen MR) is 107 cm³/mol. The van der Waals surface area contributed by atoms with Crippen molar-refractivity contribution in [3.63, 3.8) is 0 Å². The summed E-state index contributed by atoms with van der Waals surface area (Å²) in [6, 6.07) is 7.21. The van der Waals surface area contributed by atoms with Crippen molar-refractivity contribution in [1.82, 2.24) is 50.1 Å².